The Morgan fingerprint density at radius 1 is 1.38 bits per heavy atom. The first-order valence-electron chi connectivity index (χ1n) is 7.33. The summed E-state index contributed by atoms with van der Waals surface area (Å²) >= 11 is 0. The van der Waals surface area contributed by atoms with Crippen LogP contribution in [0, 0.1) is 5.92 Å². The average Bonchev–Trinajstić information content (AvgIpc) is 2.76. The van der Waals surface area contributed by atoms with Crippen LogP contribution in [-0.4, -0.2) is 48.8 Å². The molecule has 1 saturated heterocycles. The van der Waals surface area contributed by atoms with E-state index in [0.29, 0.717) is 18.4 Å². The second kappa shape index (κ2) is 6.85. The lowest BCUT2D eigenvalue weighted by molar-refractivity contribution is 0.177. The van der Waals surface area contributed by atoms with Gasteiger partial charge in [-0.2, -0.15) is 4.98 Å². The molecular formula is C13H24N4O3S. The van der Waals surface area contributed by atoms with Crippen LogP contribution in [0.1, 0.15) is 38.4 Å². The topological polar surface area (TPSA) is 88.3 Å². The molecule has 7 nitrogen and oxygen atoms in total. The molecule has 2 heterocycles. The molecule has 2 rings (SSSR count). The van der Waals surface area contributed by atoms with Gasteiger partial charge in [-0.15, -0.1) is 0 Å². The molecule has 0 radical (unpaired) electrons. The third-order valence-electron chi connectivity index (χ3n) is 3.43. The summed E-state index contributed by atoms with van der Waals surface area (Å²) < 4.78 is 30.3. The third-order valence-corrected chi connectivity index (χ3v) is 4.19. The zero-order valence-electron chi connectivity index (χ0n) is 12.9. The van der Waals surface area contributed by atoms with E-state index in [1.54, 1.807) is 0 Å². The van der Waals surface area contributed by atoms with E-state index in [-0.39, 0.29) is 6.04 Å². The first kappa shape index (κ1) is 16.4. The number of likely N-dealkylation sites (tertiary alicyclic amines) is 1. The molecule has 1 aliphatic heterocycles. The molecule has 120 valence electrons. The van der Waals surface area contributed by atoms with Gasteiger partial charge < -0.3 is 4.52 Å². The van der Waals surface area contributed by atoms with E-state index in [9.17, 15) is 8.42 Å². The van der Waals surface area contributed by atoms with Crippen molar-refractivity contribution in [1.82, 2.24) is 19.8 Å². The van der Waals surface area contributed by atoms with Gasteiger partial charge in [0.25, 0.3) is 0 Å². The Morgan fingerprint density at radius 3 is 2.62 bits per heavy atom. The van der Waals surface area contributed by atoms with Crippen LogP contribution in [0.5, 0.6) is 0 Å². The number of hydrogen-bond donors (Lipinski definition) is 1. The van der Waals surface area contributed by atoms with E-state index >= 15 is 0 Å². The lowest BCUT2D eigenvalue weighted by Crippen LogP contribution is -2.44. The van der Waals surface area contributed by atoms with Gasteiger partial charge in [-0.1, -0.05) is 19.0 Å². The molecule has 0 spiro atoms. The second-order valence-corrected chi connectivity index (χ2v) is 7.92. The van der Waals surface area contributed by atoms with Gasteiger partial charge in [0.05, 0.1) is 12.8 Å². The summed E-state index contributed by atoms with van der Waals surface area (Å²) in [6.45, 7) is 6.53. The van der Waals surface area contributed by atoms with Crippen molar-refractivity contribution < 1.29 is 12.9 Å². The predicted molar refractivity (Wildman–Crippen MR) is 79.1 cm³/mol. The SMILES string of the molecule is CC(C)Cc1noc(CN2CCC(NS(C)(=O)=O)CC2)n1. The van der Waals surface area contributed by atoms with Gasteiger partial charge in [-0.05, 0) is 18.8 Å². The monoisotopic (exact) mass is 316 g/mol. The Morgan fingerprint density at radius 2 is 2.05 bits per heavy atom. The van der Waals surface area contributed by atoms with E-state index in [1.165, 1.54) is 6.26 Å². The molecule has 0 aliphatic carbocycles. The minimum atomic E-state index is -3.12. The van der Waals surface area contributed by atoms with E-state index in [4.69, 9.17) is 4.52 Å². The first-order valence-corrected chi connectivity index (χ1v) is 9.22. The van der Waals surface area contributed by atoms with Crippen LogP contribution in [-0.2, 0) is 23.0 Å². The summed E-state index contributed by atoms with van der Waals surface area (Å²) in [5, 5.41) is 3.98. The van der Waals surface area contributed by atoms with Crippen molar-refractivity contribution in [2.24, 2.45) is 5.92 Å². The molecule has 1 aromatic rings. The fraction of sp³-hybridized carbons (Fsp3) is 0.846. The number of aromatic nitrogens is 2. The molecule has 0 aromatic carbocycles. The highest BCUT2D eigenvalue weighted by Crippen LogP contribution is 2.14. The zero-order valence-corrected chi connectivity index (χ0v) is 13.7. The molecule has 0 amide bonds. The summed E-state index contributed by atoms with van der Waals surface area (Å²) in [5.41, 5.74) is 0. The fourth-order valence-corrected chi connectivity index (χ4v) is 3.35. The molecule has 1 fully saturated rings. The summed E-state index contributed by atoms with van der Waals surface area (Å²) in [7, 11) is -3.12. The highest BCUT2D eigenvalue weighted by atomic mass is 32.2. The molecule has 1 aliphatic rings. The number of nitrogens with zero attached hydrogens (tertiary/aromatic N) is 3. The molecule has 0 saturated carbocycles. The van der Waals surface area contributed by atoms with Crippen LogP contribution in [0.2, 0.25) is 0 Å². The van der Waals surface area contributed by atoms with E-state index in [1.807, 2.05) is 0 Å². The third kappa shape index (κ3) is 5.72. The van der Waals surface area contributed by atoms with Gasteiger partial charge in [0.2, 0.25) is 15.9 Å². The van der Waals surface area contributed by atoms with E-state index in [0.717, 1.165) is 38.2 Å². The average molecular weight is 316 g/mol. The van der Waals surface area contributed by atoms with Crippen LogP contribution in [0.25, 0.3) is 0 Å². The van der Waals surface area contributed by atoms with Crippen LogP contribution < -0.4 is 4.72 Å². The molecule has 1 aromatic heterocycles. The lowest BCUT2D eigenvalue weighted by Gasteiger charge is -2.30. The Hall–Kier alpha value is -0.990. The lowest BCUT2D eigenvalue weighted by atomic mass is 10.1. The van der Waals surface area contributed by atoms with E-state index < -0.39 is 10.0 Å². The quantitative estimate of drug-likeness (QED) is 0.834. The van der Waals surface area contributed by atoms with Crippen LogP contribution in [0.15, 0.2) is 4.52 Å². The fourth-order valence-electron chi connectivity index (χ4n) is 2.51. The van der Waals surface area contributed by atoms with E-state index in [2.05, 4.69) is 33.6 Å². The van der Waals surface area contributed by atoms with Crippen molar-refractivity contribution >= 4 is 10.0 Å². The van der Waals surface area contributed by atoms with Gasteiger partial charge in [0.15, 0.2) is 5.82 Å². The van der Waals surface area contributed by atoms with Gasteiger partial charge in [0, 0.05) is 25.6 Å². The highest BCUT2D eigenvalue weighted by molar-refractivity contribution is 7.88. The van der Waals surface area contributed by atoms with Crippen LogP contribution in [0.4, 0.5) is 0 Å². The summed E-state index contributed by atoms with van der Waals surface area (Å²) in [4.78, 5) is 6.61. The Kier molecular flexibility index (Phi) is 5.34. The number of piperidine rings is 1. The Labute approximate surface area is 126 Å². The Balaban J connectivity index is 1.79. The molecule has 1 N–H and O–H groups in total. The van der Waals surface area contributed by atoms with Crippen molar-refractivity contribution in [1.29, 1.82) is 0 Å². The normalized spacial score (nSPS) is 18.5. The van der Waals surface area contributed by atoms with Crippen molar-refractivity contribution in [2.75, 3.05) is 19.3 Å². The first-order chi connectivity index (χ1) is 9.82. The largest absolute Gasteiger partial charge is 0.338 e. The summed E-state index contributed by atoms with van der Waals surface area (Å²) in [5.74, 6) is 1.90. The minimum absolute atomic E-state index is 0.0374. The molecular weight excluding hydrogens is 292 g/mol. The molecule has 0 atom stereocenters. The standard InChI is InChI=1S/C13H24N4O3S/c1-10(2)8-12-14-13(20-15-12)9-17-6-4-11(5-7-17)16-21(3,18)19/h10-11,16H,4-9H2,1-3H3. The van der Waals surface area contributed by atoms with Gasteiger partial charge in [-0.25, -0.2) is 13.1 Å². The number of rotatable bonds is 6. The van der Waals surface area contributed by atoms with Gasteiger partial charge >= 0.3 is 0 Å². The van der Waals surface area contributed by atoms with Crippen molar-refractivity contribution in [3.8, 4) is 0 Å². The second-order valence-electron chi connectivity index (χ2n) is 6.14. The smallest absolute Gasteiger partial charge is 0.240 e. The van der Waals surface area contributed by atoms with Crippen LogP contribution in [0.3, 0.4) is 0 Å². The van der Waals surface area contributed by atoms with Crippen LogP contribution >= 0.6 is 0 Å². The minimum Gasteiger partial charge on any atom is -0.338 e. The van der Waals surface area contributed by atoms with Gasteiger partial charge in [-0.3, -0.25) is 4.90 Å². The maximum absolute atomic E-state index is 11.2. The summed E-state index contributed by atoms with van der Waals surface area (Å²) in [6, 6.07) is 0.0374. The van der Waals surface area contributed by atoms with Crippen molar-refractivity contribution in [3.05, 3.63) is 11.7 Å². The maximum Gasteiger partial charge on any atom is 0.240 e. The predicted octanol–water partition coefficient (Wildman–Crippen LogP) is 0.782. The highest BCUT2D eigenvalue weighted by Gasteiger charge is 2.22. The molecule has 21 heavy (non-hydrogen) atoms. The Bertz CT molecular complexity index is 548. The number of hydrogen-bond acceptors (Lipinski definition) is 6. The molecule has 0 bridgehead atoms. The zero-order chi connectivity index (χ0) is 15.5. The van der Waals surface area contributed by atoms with Crippen molar-refractivity contribution in [3.63, 3.8) is 0 Å². The maximum atomic E-state index is 11.2. The summed E-state index contributed by atoms with van der Waals surface area (Å²) in [6.07, 6.45) is 3.64. The molecule has 0 unspecified atom stereocenters. The number of nitrogens with one attached hydrogen (secondary N) is 1. The van der Waals surface area contributed by atoms with Crippen molar-refractivity contribution in [2.45, 2.75) is 45.7 Å². The van der Waals surface area contributed by atoms with Gasteiger partial charge in [0.1, 0.15) is 0 Å². The number of sulfonamides is 1. The molecule has 8 heteroatoms.